The monoisotopic (exact) mass is 347 g/mol. The molecule has 0 aromatic heterocycles. The normalized spacial score (nSPS) is 16.7. The fourth-order valence-corrected chi connectivity index (χ4v) is 3.13. The molecule has 5 nitrogen and oxygen atoms in total. The minimum atomic E-state index is -1.08. The number of benzene rings is 2. The summed E-state index contributed by atoms with van der Waals surface area (Å²) in [5, 5.41) is 18.3. The standard InChI is InChI=1S/C18H15F2NO4/c1-21-15-3-2-10(18(24)25)7-11(15)8-12(17(21)23)4-9-5-13(19)16(22)14(20)6-9/h2-3,5-7,12,22H,4,8H2,1H3,(H,24,25). The first-order chi connectivity index (χ1) is 11.8. The number of anilines is 1. The summed E-state index contributed by atoms with van der Waals surface area (Å²) in [4.78, 5) is 25.1. The van der Waals surface area contributed by atoms with Crippen LogP contribution in [0.5, 0.6) is 5.75 Å². The molecule has 0 aliphatic carbocycles. The van der Waals surface area contributed by atoms with Gasteiger partial charge in [-0.1, -0.05) is 0 Å². The number of phenolic OH excluding ortho intramolecular Hbond substituents is 1. The molecule has 7 heteroatoms. The van der Waals surface area contributed by atoms with Crippen molar-refractivity contribution in [2.75, 3.05) is 11.9 Å². The SMILES string of the molecule is CN1C(=O)C(Cc2cc(F)c(O)c(F)c2)Cc2cc(C(=O)O)ccc21. The Bertz CT molecular complexity index is 858. The Kier molecular flexibility index (Phi) is 4.16. The molecule has 1 heterocycles. The molecule has 25 heavy (non-hydrogen) atoms. The second-order valence-electron chi connectivity index (χ2n) is 6.06. The van der Waals surface area contributed by atoms with Crippen molar-refractivity contribution in [3.63, 3.8) is 0 Å². The topological polar surface area (TPSA) is 77.8 Å². The largest absolute Gasteiger partial charge is 0.503 e. The highest BCUT2D eigenvalue weighted by Crippen LogP contribution is 2.33. The number of halogens is 2. The molecule has 130 valence electrons. The fourth-order valence-electron chi connectivity index (χ4n) is 3.13. The van der Waals surface area contributed by atoms with Crippen molar-refractivity contribution in [3.8, 4) is 5.75 Å². The van der Waals surface area contributed by atoms with E-state index in [9.17, 15) is 18.4 Å². The van der Waals surface area contributed by atoms with E-state index in [1.807, 2.05) is 0 Å². The summed E-state index contributed by atoms with van der Waals surface area (Å²) in [5.74, 6) is -5.08. The minimum absolute atomic E-state index is 0.0774. The maximum atomic E-state index is 13.5. The van der Waals surface area contributed by atoms with E-state index < -0.39 is 29.3 Å². The van der Waals surface area contributed by atoms with Crippen LogP contribution in [0.1, 0.15) is 21.5 Å². The third-order valence-corrected chi connectivity index (χ3v) is 4.39. The Balaban J connectivity index is 1.92. The van der Waals surface area contributed by atoms with Gasteiger partial charge in [0.05, 0.1) is 5.56 Å². The number of rotatable bonds is 3. The lowest BCUT2D eigenvalue weighted by Crippen LogP contribution is -2.39. The number of carboxylic acid groups (broad SMARTS) is 1. The minimum Gasteiger partial charge on any atom is -0.503 e. The summed E-state index contributed by atoms with van der Waals surface area (Å²) in [5.41, 5.74) is 1.67. The van der Waals surface area contributed by atoms with Gasteiger partial charge in [-0.3, -0.25) is 4.79 Å². The summed E-state index contributed by atoms with van der Waals surface area (Å²) in [6.07, 6.45) is 0.345. The highest BCUT2D eigenvalue weighted by molar-refractivity contribution is 5.99. The quantitative estimate of drug-likeness (QED) is 0.895. The van der Waals surface area contributed by atoms with Crippen LogP contribution < -0.4 is 4.90 Å². The van der Waals surface area contributed by atoms with Gasteiger partial charge in [0.2, 0.25) is 5.91 Å². The third-order valence-electron chi connectivity index (χ3n) is 4.39. The van der Waals surface area contributed by atoms with Crippen LogP contribution in [-0.4, -0.2) is 29.1 Å². The maximum Gasteiger partial charge on any atom is 0.335 e. The van der Waals surface area contributed by atoms with Crippen molar-refractivity contribution in [1.82, 2.24) is 0 Å². The number of carboxylic acids is 1. The number of carbonyl (C=O) groups is 2. The third kappa shape index (κ3) is 3.05. The highest BCUT2D eigenvalue weighted by atomic mass is 19.1. The number of nitrogens with zero attached hydrogens (tertiary/aromatic N) is 1. The molecule has 1 aliphatic heterocycles. The Morgan fingerprint density at radius 3 is 2.48 bits per heavy atom. The first-order valence-electron chi connectivity index (χ1n) is 7.58. The van der Waals surface area contributed by atoms with Crippen LogP contribution >= 0.6 is 0 Å². The maximum absolute atomic E-state index is 13.5. The van der Waals surface area contributed by atoms with E-state index in [0.29, 0.717) is 11.3 Å². The van der Waals surface area contributed by atoms with E-state index in [-0.39, 0.29) is 29.9 Å². The van der Waals surface area contributed by atoms with Gasteiger partial charge in [-0.25, -0.2) is 13.6 Å². The van der Waals surface area contributed by atoms with Crippen LogP contribution in [0.3, 0.4) is 0 Å². The average Bonchev–Trinajstić information content (AvgIpc) is 2.56. The lowest BCUT2D eigenvalue weighted by Gasteiger charge is -2.32. The number of aromatic hydroxyl groups is 1. The molecule has 2 aromatic rings. The summed E-state index contributed by atoms with van der Waals surface area (Å²) in [6, 6.07) is 6.50. The number of hydrogen-bond acceptors (Lipinski definition) is 3. The molecule has 1 atom stereocenters. The molecule has 0 fully saturated rings. The number of aromatic carboxylic acids is 1. The van der Waals surface area contributed by atoms with Gasteiger partial charge >= 0.3 is 5.97 Å². The van der Waals surface area contributed by atoms with Crippen LogP contribution in [0.25, 0.3) is 0 Å². The second-order valence-corrected chi connectivity index (χ2v) is 6.06. The first kappa shape index (κ1) is 16.9. The van der Waals surface area contributed by atoms with E-state index in [4.69, 9.17) is 10.2 Å². The van der Waals surface area contributed by atoms with Gasteiger partial charge in [0.15, 0.2) is 17.4 Å². The highest BCUT2D eigenvalue weighted by Gasteiger charge is 2.31. The summed E-state index contributed by atoms with van der Waals surface area (Å²) in [7, 11) is 1.58. The Hall–Kier alpha value is -2.96. The summed E-state index contributed by atoms with van der Waals surface area (Å²) < 4.78 is 27.0. The molecule has 1 amide bonds. The van der Waals surface area contributed by atoms with Gasteiger partial charge in [0.25, 0.3) is 0 Å². The van der Waals surface area contributed by atoms with Crippen LogP contribution in [0.15, 0.2) is 30.3 Å². The van der Waals surface area contributed by atoms with E-state index in [1.165, 1.54) is 17.0 Å². The number of carbonyl (C=O) groups excluding carboxylic acids is 1. The fraction of sp³-hybridized carbons (Fsp3) is 0.222. The van der Waals surface area contributed by atoms with Crippen molar-refractivity contribution in [1.29, 1.82) is 0 Å². The van der Waals surface area contributed by atoms with E-state index in [0.717, 1.165) is 12.1 Å². The molecule has 2 aromatic carbocycles. The molecule has 0 saturated carbocycles. The van der Waals surface area contributed by atoms with Gasteiger partial charge in [-0.2, -0.15) is 0 Å². The number of phenols is 1. The van der Waals surface area contributed by atoms with Crippen LogP contribution in [0.2, 0.25) is 0 Å². The average molecular weight is 347 g/mol. The zero-order chi connectivity index (χ0) is 18.3. The van der Waals surface area contributed by atoms with Gasteiger partial charge in [0.1, 0.15) is 0 Å². The Labute approximate surface area is 142 Å². The molecule has 1 unspecified atom stereocenters. The van der Waals surface area contributed by atoms with Crippen molar-refractivity contribution in [2.45, 2.75) is 12.8 Å². The number of amides is 1. The smallest absolute Gasteiger partial charge is 0.335 e. The zero-order valence-electron chi connectivity index (χ0n) is 13.3. The van der Waals surface area contributed by atoms with Gasteiger partial charge < -0.3 is 15.1 Å². The van der Waals surface area contributed by atoms with Crippen LogP contribution in [-0.2, 0) is 17.6 Å². The molecule has 0 radical (unpaired) electrons. The molecule has 0 spiro atoms. The Morgan fingerprint density at radius 2 is 1.88 bits per heavy atom. The lowest BCUT2D eigenvalue weighted by atomic mass is 9.86. The summed E-state index contributed by atoms with van der Waals surface area (Å²) >= 11 is 0. The molecule has 2 N–H and O–H groups in total. The van der Waals surface area contributed by atoms with Gasteiger partial charge in [-0.15, -0.1) is 0 Å². The first-order valence-corrected chi connectivity index (χ1v) is 7.58. The number of hydrogen-bond donors (Lipinski definition) is 2. The van der Waals surface area contributed by atoms with Crippen LogP contribution in [0.4, 0.5) is 14.5 Å². The second kappa shape index (κ2) is 6.16. The molecular weight excluding hydrogens is 332 g/mol. The molecule has 3 rings (SSSR count). The van der Waals surface area contributed by atoms with Crippen molar-refractivity contribution in [3.05, 3.63) is 58.7 Å². The van der Waals surface area contributed by atoms with Crippen molar-refractivity contribution < 1.29 is 28.6 Å². The molecule has 1 aliphatic rings. The van der Waals surface area contributed by atoms with E-state index >= 15 is 0 Å². The van der Waals surface area contributed by atoms with Crippen molar-refractivity contribution in [2.24, 2.45) is 5.92 Å². The Morgan fingerprint density at radius 1 is 1.24 bits per heavy atom. The molecule has 0 saturated heterocycles. The van der Waals surface area contributed by atoms with Gasteiger partial charge in [0, 0.05) is 18.7 Å². The molecule has 0 bridgehead atoms. The summed E-state index contributed by atoms with van der Waals surface area (Å²) in [6.45, 7) is 0. The predicted molar refractivity (Wildman–Crippen MR) is 85.7 cm³/mol. The lowest BCUT2D eigenvalue weighted by molar-refractivity contribution is -0.122. The zero-order valence-corrected chi connectivity index (χ0v) is 13.3. The number of fused-ring (bicyclic) bond motifs is 1. The van der Waals surface area contributed by atoms with Crippen LogP contribution in [0, 0.1) is 17.6 Å². The van der Waals surface area contributed by atoms with E-state index in [2.05, 4.69) is 0 Å². The van der Waals surface area contributed by atoms with Gasteiger partial charge in [-0.05, 0) is 54.3 Å². The van der Waals surface area contributed by atoms with Crippen molar-refractivity contribution >= 4 is 17.6 Å². The predicted octanol–water partition coefficient (Wildman–Crippen LogP) is 2.75. The van der Waals surface area contributed by atoms with E-state index in [1.54, 1.807) is 13.1 Å². The molecular formula is C18H15F2NO4.